The van der Waals surface area contributed by atoms with Crippen LogP contribution in [-0.4, -0.2) is 36.8 Å². The molecule has 118 valence electrons. The number of nitrogens with two attached hydrogens (primary N) is 1. The van der Waals surface area contributed by atoms with E-state index in [1.54, 1.807) is 13.8 Å². The SMILES string of the molecule is Cc1cccc(C)c1OCC(O)CNCC(C)(C)C(N)=O. The molecule has 5 heteroatoms. The van der Waals surface area contributed by atoms with E-state index in [4.69, 9.17) is 10.5 Å². The van der Waals surface area contributed by atoms with Crippen molar-refractivity contribution in [1.29, 1.82) is 0 Å². The second-order valence-electron chi connectivity index (χ2n) is 6.06. The van der Waals surface area contributed by atoms with Gasteiger partial charge in [-0.05, 0) is 38.8 Å². The largest absolute Gasteiger partial charge is 0.490 e. The third kappa shape index (κ3) is 5.36. The van der Waals surface area contributed by atoms with Gasteiger partial charge in [0.2, 0.25) is 5.91 Å². The predicted octanol–water partition coefficient (Wildman–Crippen LogP) is 1.14. The highest BCUT2D eigenvalue weighted by atomic mass is 16.5. The van der Waals surface area contributed by atoms with Crippen LogP contribution in [0.15, 0.2) is 18.2 Å². The zero-order valence-corrected chi connectivity index (χ0v) is 13.3. The number of aliphatic hydroxyl groups is 1. The Kier molecular flexibility index (Phi) is 6.18. The quantitative estimate of drug-likeness (QED) is 0.671. The van der Waals surface area contributed by atoms with Gasteiger partial charge in [-0.3, -0.25) is 4.79 Å². The zero-order valence-electron chi connectivity index (χ0n) is 13.3. The Morgan fingerprint density at radius 1 is 1.38 bits per heavy atom. The number of rotatable bonds is 8. The summed E-state index contributed by atoms with van der Waals surface area (Å²) in [5, 5.41) is 13.0. The minimum atomic E-state index is -0.646. The fraction of sp³-hybridized carbons (Fsp3) is 0.562. The molecule has 0 fully saturated rings. The molecule has 1 unspecified atom stereocenters. The lowest BCUT2D eigenvalue weighted by Crippen LogP contribution is -2.43. The normalized spacial score (nSPS) is 13.0. The molecular weight excluding hydrogens is 268 g/mol. The fourth-order valence-corrected chi connectivity index (χ4v) is 1.90. The molecule has 0 spiro atoms. The molecule has 0 bridgehead atoms. The molecule has 0 aliphatic carbocycles. The fourth-order valence-electron chi connectivity index (χ4n) is 1.90. The number of primary amides is 1. The number of nitrogens with one attached hydrogen (secondary N) is 1. The van der Waals surface area contributed by atoms with Crippen LogP contribution in [0.25, 0.3) is 0 Å². The van der Waals surface area contributed by atoms with E-state index in [0.717, 1.165) is 16.9 Å². The van der Waals surface area contributed by atoms with Crippen LogP contribution in [-0.2, 0) is 4.79 Å². The minimum absolute atomic E-state index is 0.204. The highest BCUT2D eigenvalue weighted by molar-refractivity contribution is 5.80. The molecule has 1 aromatic carbocycles. The van der Waals surface area contributed by atoms with Crippen LogP contribution in [0.3, 0.4) is 0 Å². The summed E-state index contributed by atoms with van der Waals surface area (Å²) in [7, 11) is 0. The van der Waals surface area contributed by atoms with Crippen molar-refractivity contribution in [2.24, 2.45) is 11.1 Å². The van der Waals surface area contributed by atoms with Gasteiger partial charge < -0.3 is 20.9 Å². The van der Waals surface area contributed by atoms with Crippen LogP contribution in [0.5, 0.6) is 5.75 Å². The van der Waals surface area contributed by atoms with Crippen molar-refractivity contribution in [3.63, 3.8) is 0 Å². The van der Waals surface area contributed by atoms with Gasteiger partial charge in [0.1, 0.15) is 18.5 Å². The average molecular weight is 294 g/mol. The van der Waals surface area contributed by atoms with Gasteiger partial charge >= 0.3 is 0 Å². The maximum atomic E-state index is 11.2. The van der Waals surface area contributed by atoms with Gasteiger partial charge in [-0.25, -0.2) is 0 Å². The van der Waals surface area contributed by atoms with Gasteiger partial charge in [-0.1, -0.05) is 18.2 Å². The molecule has 1 aromatic rings. The number of benzene rings is 1. The van der Waals surface area contributed by atoms with Gasteiger partial charge in [0.05, 0.1) is 5.41 Å². The lowest BCUT2D eigenvalue weighted by Gasteiger charge is -2.22. The molecule has 5 nitrogen and oxygen atoms in total. The summed E-state index contributed by atoms with van der Waals surface area (Å²) >= 11 is 0. The van der Waals surface area contributed by atoms with E-state index in [2.05, 4.69) is 5.32 Å². The lowest BCUT2D eigenvalue weighted by atomic mass is 9.93. The van der Waals surface area contributed by atoms with Crippen molar-refractivity contribution in [2.45, 2.75) is 33.8 Å². The van der Waals surface area contributed by atoms with Crippen LogP contribution >= 0.6 is 0 Å². The summed E-state index contributed by atoms with van der Waals surface area (Å²) in [6.07, 6.45) is -0.646. The van der Waals surface area contributed by atoms with Crippen molar-refractivity contribution in [1.82, 2.24) is 5.32 Å². The smallest absolute Gasteiger partial charge is 0.224 e. The first-order chi connectivity index (χ1) is 9.74. The van der Waals surface area contributed by atoms with Gasteiger partial charge in [0.25, 0.3) is 0 Å². The second-order valence-corrected chi connectivity index (χ2v) is 6.06. The molecule has 1 atom stereocenters. The number of hydrogen-bond acceptors (Lipinski definition) is 4. The lowest BCUT2D eigenvalue weighted by molar-refractivity contribution is -0.125. The Bertz CT molecular complexity index is 466. The molecule has 21 heavy (non-hydrogen) atoms. The van der Waals surface area contributed by atoms with Gasteiger partial charge in [-0.15, -0.1) is 0 Å². The zero-order chi connectivity index (χ0) is 16.0. The molecule has 1 rings (SSSR count). The number of ether oxygens (including phenoxy) is 1. The van der Waals surface area contributed by atoms with E-state index in [1.807, 2.05) is 32.0 Å². The molecule has 4 N–H and O–H groups in total. The van der Waals surface area contributed by atoms with Crippen molar-refractivity contribution in [3.8, 4) is 5.75 Å². The maximum Gasteiger partial charge on any atom is 0.224 e. The first-order valence-electron chi connectivity index (χ1n) is 7.11. The molecule has 0 radical (unpaired) electrons. The third-order valence-corrected chi connectivity index (χ3v) is 3.44. The summed E-state index contributed by atoms with van der Waals surface area (Å²) in [5.74, 6) is 0.449. The van der Waals surface area contributed by atoms with Crippen molar-refractivity contribution in [2.75, 3.05) is 19.7 Å². The minimum Gasteiger partial charge on any atom is -0.490 e. The standard InChI is InChI=1S/C16H26N2O3/c1-11-6-5-7-12(2)14(11)21-9-13(19)8-18-10-16(3,4)15(17)20/h5-7,13,18-19H,8-10H2,1-4H3,(H2,17,20). The number of carbonyl (C=O) groups is 1. The number of para-hydroxylation sites is 1. The molecule has 1 amide bonds. The summed E-state index contributed by atoms with van der Waals surface area (Å²) in [6, 6.07) is 5.92. The number of amides is 1. The number of aliphatic hydroxyl groups excluding tert-OH is 1. The first-order valence-corrected chi connectivity index (χ1v) is 7.11. The Hall–Kier alpha value is -1.59. The maximum absolute atomic E-state index is 11.2. The van der Waals surface area contributed by atoms with Crippen molar-refractivity contribution >= 4 is 5.91 Å². The third-order valence-electron chi connectivity index (χ3n) is 3.44. The van der Waals surface area contributed by atoms with Crippen LogP contribution in [0, 0.1) is 19.3 Å². The Morgan fingerprint density at radius 3 is 2.48 bits per heavy atom. The summed E-state index contributed by atoms with van der Waals surface area (Å²) < 4.78 is 5.68. The van der Waals surface area contributed by atoms with E-state index in [1.165, 1.54) is 0 Å². The molecule has 0 saturated heterocycles. The number of carbonyl (C=O) groups excluding carboxylic acids is 1. The second kappa shape index (κ2) is 7.43. The van der Waals surface area contributed by atoms with Crippen LogP contribution in [0.1, 0.15) is 25.0 Å². The van der Waals surface area contributed by atoms with Gasteiger partial charge in [0, 0.05) is 13.1 Å². The molecular formula is C16H26N2O3. The summed E-state index contributed by atoms with van der Waals surface area (Å²) in [6.45, 7) is 8.45. The van der Waals surface area contributed by atoms with Gasteiger partial charge in [0.15, 0.2) is 0 Å². The summed E-state index contributed by atoms with van der Waals surface area (Å²) in [4.78, 5) is 11.2. The Labute approximate surface area is 126 Å². The Balaban J connectivity index is 2.38. The van der Waals surface area contributed by atoms with E-state index >= 15 is 0 Å². The highest BCUT2D eigenvalue weighted by Crippen LogP contribution is 2.22. The average Bonchev–Trinajstić information content (AvgIpc) is 2.37. The Morgan fingerprint density at radius 2 is 1.95 bits per heavy atom. The summed E-state index contributed by atoms with van der Waals surface area (Å²) in [5.41, 5.74) is 6.75. The van der Waals surface area contributed by atoms with E-state index in [9.17, 15) is 9.90 Å². The van der Waals surface area contributed by atoms with Crippen LogP contribution in [0.2, 0.25) is 0 Å². The monoisotopic (exact) mass is 294 g/mol. The van der Waals surface area contributed by atoms with Gasteiger partial charge in [-0.2, -0.15) is 0 Å². The van der Waals surface area contributed by atoms with E-state index < -0.39 is 11.5 Å². The van der Waals surface area contributed by atoms with Crippen molar-refractivity contribution in [3.05, 3.63) is 29.3 Å². The van der Waals surface area contributed by atoms with E-state index in [-0.39, 0.29) is 12.5 Å². The van der Waals surface area contributed by atoms with E-state index in [0.29, 0.717) is 13.1 Å². The molecule has 0 heterocycles. The van der Waals surface area contributed by atoms with Crippen LogP contribution < -0.4 is 15.8 Å². The molecule has 0 aliphatic heterocycles. The topological polar surface area (TPSA) is 84.6 Å². The number of hydrogen-bond donors (Lipinski definition) is 3. The van der Waals surface area contributed by atoms with Crippen molar-refractivity contribution < 1.29 is 14.6 Å². The highest BCUT2D eigenvalue weighted by Gasteiger charge is 2.24. The molecule has 0 aromatic heterocycles. The number of aryl methyl sites for hydroxylation is 2. The molecule has 0 aliphatic rings. The predicted molar refractivity (Wildman–Crippen MR) is 83.3 cm³/mol. The molecule has 0 saturated carbocycles. The van der Waals surface area contributed by atoms with Crippen LogP contribution in [0.4, 0.5) is 0 Å². The first kappa shape index (κ1) is 17.5.